The molecule has 0 bridgehead atoms. The molecule has 0 saturated carbocycles. The van der Waals surface area contributed by atoms with Gasteiger partial charge in [0.1, 0.15) is 0 Å². The fourth-order valence-corrected chi connectivity index (χ4v) is 3.54. The molecule has 4 heterocycles. The van der Waals surface area contributed by atoms with Gasteiger partial charge in [0.15, 0.2) is 0 Å². The summed E-state index contributed by atoms with van der Waals surface area (Å²) in [6.45, 7) is 4.31. The van der Waals surface area contributed by atoms with E-state index in [-0.39, 0.29) is 11.6 Å². The molecule has 0 radical (unpaired) electrons. The third-order valence-electron chi connectivity index (χ3n) is 5.04. The van der Waals surface area contributed by atoms with Gasteiger partial charge in [0.05, 0.1) is 23.6 Å². The van der Waals surface area contributed by atoms with Crippen LogP contribution < -0.4 is 5.56 Å². The number of aryl methyl sites for hydroxylation is 1. The van der Waals surface area contributed by atoms with Crippen LogP contribution in [-0.4, -0.2) is 42.2 Å². The third kappa shape index (κ3) is 3.93. The maximum atomic E-state index is 12.4. The van der Waals surface area contributed by atoms with Crippen LogP contribution in [0.5, 0.6) is 0 Å². The van der Waals surface area contributed by atoms with E-state index in [1.807, 2.05) is 19.1 Å². The lowest BCUT2D eigenvalue weighted by molar-refractivity contribution is 0.214. The lowest BCUT2D eigenvalue weighted by atomic mass is 10.2. The van der Waals surface area contributed by atoms with Crippen molar-refractivity contribution < 1.29 is 0 Å². The van der Waals surface area contributed by atoms with E-state index in [1.165, 1.54) is 0 Å². The normalized spacial score (nSPS) is 17.3. The fraction of sp³-hybridized carbons (Fsp3) is 0.350. The molecule has 0 aliphatic carbocycles. The first-order valence-electron chi connectivity index (χ1n) is 9.20. The van der Waals surface area contributed by atoms with Crippen molar-refractivity contribution in [3.8, 4) is 11.3 Å². The van der Waals surface area contributed by atoms with Crippen LogP contribution in [-0.2, 0) is 13.1 Å². The second-order valence-corrected chi connectivity index (χ2v) is 6.84. The second kappa shape index (κ2) is 7.75. The van der Waals surface area contributed by atoms with Crippen LogP contribution in [0, 0.1) is 6.92 Å². The Bertz CT molecular complexity index is 971. The van der Waals surface area contributed by atoms with Crippen LogP contribution in [0.25, 0.3) is 11.3 Å². The van der Waals surface area contributed by atoms with E-state index in [9.17, 15) is 4.79 Å². The number of likely N-dealkylation sites (tertiary alicyclic amines) is 1. The van der Waals surface area contributed by atoms with Crippen LogP contribution in [0.2, 0.25) is 0 Å². The van der Waals surface area contributed by atoms with E-state index in [1.54, 1.807) is 41.6 Å². The molecule has 3 aromatic heterocycles. The standard InChI is InChI=1S/C20H22N6O/c1-15-19(23-10-9-22-15)14-25-11-3-5-17(25)13-26-20(27)7-6-18(24-26)16-4-2-8-21-12-16/h2,4,6-10,12,17H,3,5,11,13-14H2,1H3. The number of hydrogen-bond acceptors (Lipinski definition) is 6. The van der Waals surface area contributed by atoms with E-state index in [2.05, 4.69) is 25.0 Å². The Morgan fingerprint density at radius 2 is 2.04 bits per heavy atom. The van der Waals surface area contributed by atoms with Crippen LogP contribution >= 0.6 is 0 Å². The van der Waals surface area contributed by atoms with Crippen LogP contribution in [0.15, 0.2) is 53.8 Å². The van der Waals surface area contributed by atoms with Crippen molar-refractivity contribution in [1.82, 2.24) is 29.6 Å². The minimum absolute atomic E-state index is 0.0785. The first-order chi connectivity index (χ1) is 13.2. The summed E-state index contributed by atoms with van der Waals surface area (Å²) < 4.78 is 1.58. The summed E-state index contributed by atoms with van der Waals surface area (Å²) >= 11 is 0. The zero-order valence-electron chi connectivity index (χ0n) is 15.3. The first kappa shape index (κ1) is 17.5. The molecule has 4 rings (SSSR count). The van der Waals surface area contributed by atoms with Crippen LogP contribution in [0.1, 0.15) is 24.2 Å². The summed E-state index contributed by atoms with van der Waals surface area (Å²) in [5.74, 6) is 0. The molecule has 0 aromatic carbocycles. The smallest absolute Gasteiger partial charge is 0.266 e. The van der Waals surface area contributed by atoms with Crippen LogP contribution in [0.3, 0.4) is 0 Å². The quantitative estimate of drug-likeness (QED) is 0.691. The highest BCUT2D eigenvalue weighted by Gasteiger charge is 2.26. The molecule has 1 fully saturated rings. The van der Waals surface area contributed by atoms with Crippen molar-refractivity contribution in [1.29, 1.82) is 0 Å². The van der Waals surface area contributed by atoms with Gasteiger partial charge in [-0.3, -0.25) is 24.6 Å². The highest BCUT2D eigenvalue weighted by molar-refractivity contribution is 5.56. The maximum Gasteiger partial charge on any atom is 0.266 e. The Kier molecular flexibility index (Phi) is 5.02. The highest BCUT2D eigenvalue weighted by atomic mass is 16.1. The Balaban J connectivity index is 1.54. The molecule has 7 nitrogen and oxygen atoms in total. The third-order valence-corrected chi connectivity index (χ3v) is 5.04. The monoisotopic (exact) mass is 362 g/mol. The molecule has 3 aromatic rings. The summed E-state index contributed by atoms with van der Waals surface area (Å²) in [6, 6.07) is 7.42. The summed E-state index contributed by atoms with van der Waals surface area (Å²) in [5.41, 5.74) is 3.54. The van der Waals surface area contributed by atoms with E-state index < -0.39 is 0 Å². The van der Waals surface area contributed by atoms with Crippen molar-refractivity contribution in [2.24, 2.45) is 0 Å². The van der Waals surface area contributed by atoms with Gasteiger partial charge in [-0.15, -0.1) is 0 Å². The zero-order chi connectivity index (χ0) is 18.6. The average molecular weight is 362 g/mol. The number of nitrogens with zero attached hydrogens (tertiary/aromatic N) is 6. The molecular formula is C20H22N6O. The lowest BCUT2D eigenvalue weighted by Crippen LogP contribution is -2.37. The minimum Gasteiger partial charge on any atom is -0.293 e. The number of aromatic nitrogens is 5. The second-order valence-electron chi connectivity index (χ2n) is 6.84. The molecule has 1 atom stereocenters. The molecule has 0 N–H and O–H groups in total. The van der Waals surface area contributed by atoms with Gasteiger partial charge in [-0.05, 0) is 44.5 Å². The van der Waals surface area contributed by atoms with Gasteiger partial charge in [0.2, 0.25) is 0 Å². The Labute approximate surface area is 157 Å². The number of hydrogen-bond donors (Lipinski definition) is 0. The van der Waals surface area contributed by atoms with Crippen molar-refractivity contribution in [3.63, 3.8) is 0 Å². The summed E-state index contributed by atoms with van der Waals surface area (Å²) in [7, 11) is 0. The van der Waals surface area contributed by atoms with Gasteiger partial charge >= 0.3 is 0 Å². The summed E-state index contributed by atoms with van der Waals surface area (Å²) in [5, 5.41) is 4.57. The van der Waals surface area contributed by atoms with Gasteiger partial charge in [0, 0.05) is 49.0 Å². The van der Waals surface area contributed by atoms with E-state index in [0.717, 1.165) is 48.6 Å². The number of rotatable bonds is 5. The van der Waals surface area contributed by atoms with E-state index in [0.29, 0.717) is 6.54 Å². The van der Waals surface area contributed by atoms with E-state index in [4.69, 9.17) is 0 Å². The molecular weight excluding hydrogens is 340 g/mol. The lowest BCUT2D eigenvalue weighted by Gasteiger charge is -2.24. The van der Waals surface area contributed by atoms with Crippen molar-refractivity contribution >= 4 is 0 Å². The Morgan fingerprint density at radius 1 is 1.15 bits per heavy atom. The molecule has 0 amide bonds. The topological polar surface area (TPSA) is 76.8 Å². The van der Waals surface area contributed by atoms with E-state index >= 15 is 0 Å². The molecule has 1 aliphatic heterocycles. The molecule has 1 unspecified atom stereocenters. The summed E-state index contributed by atoms with van der Waals surface area (Å²) in [6.07, 6.45) is 9.09. The summed E-state index contributed by atoms with van der Waals surface area (Å²) in [4.78, 5) is 27.7. The Hall–Kier alpha value is -2.93. The SMILES string of the molecule is Cc1nccnc1CN1CCCC1Cn1nc(-c2cccnc2)ccc1=O. The predicted octanol–water partition coefficient (Wildman–Crippen LogP) is 2.07. The van der Waals surface area contributed by atoms with Gasteiger partial charge in [-0.2, -0.15) is 5.10 Å². The van der Waals surface area contributed by atoms with Crippen LogP contribution in [0.4, 0.5) is 0 Å². The molecule has 1 saturated heterocycles. The highest BCUT2D eigenvalue weighted by Crippen LogP contribution is 2.21. The molecule has 1 aliphatic rings. The average Bonchev–Trinajstić information content (AvgIpc) is 3.13. The molecule has 0 spiro atoms. The first-order valence-corrected chi connectivity index (χ1v) is 9.20. The molecule has 138 valence electrons. The zero-order valence-corrected chi connectivity index (χ0v) is 15.3. The van der Waals surface area contributed by atoms with Gasteiger partial charge in [-0.25, -0.2) is 4.68 Å². The largest absolute Gasteiger partial charge is 0.293 e. The van der Waals surface area contributed by atoms with Crippen molar-refractivity contribution in [2.75, 3.05) is 6.54 Å². The maximum absolute atomic E-state index is 12.4. The van der Waals surface area contributed by atoms with Gasteiger partial charge in [0.25, 0.3) is 5.56 Å². The predicted molar refractivity (Wildman–Crippen MR) is 102 cm³/mol. The minimum atomic E-state index is -0.0785. The van der Waals surface area contributed by atoms with Crippen molar-refractivity contribution in [2.45, 2.75) is 38.9 Å². The Morgan fingerprint density at radius 3 is 2.85 bits per heavy atom. The molecule has 27 heavy (non-hydrogen) atoms. The fourth-order valence-electron chi connectivity index (χ4n) is 3.54. The van der Waals surface area contributed by atoms with Gasteiger partial charge < -0.3 is 0 Å². The van der Waals surface area contributed by atoms with Crippen molar-refractivity contribution in [3.05, 3.63) is 70.8 Å². The van der Waals surface area contributed by atoms with Gasteiger partial charge in [-0.1, -0.05) is 0 Å². The number of pyridine rings is 1. The molecule has 7 heteroatoms.